The summed E-state index contributed by atoms with van der Waals surface area (Å²) in [5.74, 6) is 0. The summed E-state index contributed by atoms with van der Waals surface area (Å²) in [6.07, 6.45) is 2.02. The largest absolute Gasteiger partial charge is 0.256 e. The lowest BCUT2D eigenvalue weighted by Crippen LogP contribution is -2.29. The van der Waals surface area contributed by atoms with Gasteiger partial charge in [0.15, 0.2) is 0 Å². The molecule has 0 N–H and O–H groups in total. The van der Waals surface area contributed by atoms with Gasteiger partial charge in [-0.25, -0.2) is 0 Å². The van der Waals surface area contributed by atoms with Crippen molar-refractivity contribution in [1.29, 1.82) is 0 Å². The Kier molecular flexibility index (Phi) is 5.39. The standard InChI is InChI=1S/C43H29N/c1-28-18-20-29(21-19-28)42-25-23-31(27-44-42)30-22-24-41-37(26-30)33-11-3-2-10-32(33)34-12-4-7-15-38(34)43(41)39-16-8-5-13-35(39)36-14-6-9-17-40(36)43/h2-27H,1H3. The maximum atomic E-state index is 4.89. The minimum Gasteiger partial charge on any atom is -0.256 e. The van der Waals surface area contributed by atoms with Gasteiger partial charge in [-0.05, 0) is 80.3 Å². The van der Waals surface area contributed by atoms with Gasteiger partial charge < -0.3 is 0 Å². The molecule has 0 aliphatic heterocycles. The number of rotatable bonds is 2. The third-order valence-electron chi connectivity index (χ3n) is 9.66. The molecule has 44 heavy (non-hydrogen) atoms. The molecule has 1 spiro atoms. The Morgan fingerprint density at radius 1 is 0.386 bits per heavy atom. The molecule has 0 unspecified atom stereocenters. The molecule has 206 valence electrons. The van der Waals surface area contributed by atoms with Crippen LogP contribution in [-0.4, -0.2) is 4.98 Å². The summed E-state index contributed by atoms with van der Waals surface area (Å²) in [6, 6.07) is 55.9. The quantitative estimate of drug-likeness (QED) is 0.205. The number of aromatic nitrogens is 1. The number of benzene rings is 6. The van der Waals surface area contributed by atoms with E-state index < -0.39 is 5.41 Å². The van der Waals surface area contributed by atoms with E-state index in [-0.39, 0.29) is 0 Å². The normalized spacial score (nSPS) is 13.3. The number of fused-ring (bicyclic) bond motifs is 12. The Morgan fingerprint density at radius 3 is 1.41 bits per heavy atom. The van der Waals surface area contributed by atoms with Gasteiger partial charge in [-0.3, -0.25) is 4.98 Å². The first-order valence-corrected chi connectivity index (χ1v) is 15.3. The van der Waals surface area contributed by atoms with Crippen LogP contribution in [0, 0.1) is 6.92 Å². The third kappa shape index (κ3) is 3.44. The lowest BCUT2D eigenvalue weighted by atomic mass is 9.66. The number of nitrogens with zero attached hydrogens (tertiary/aromatic N) is 1. The number of hydrogen-bond donors (Lipinski definition) is 0. The number of hydrogen-bond acceptors (Lipinski definition) is 1. The zero-order valence-corrected chi connectivity index (χ0v) is 24.5. The summed E-state index contributed by atoms with van der Waals surface area (Å²) in [5, 5.41) is 0. The predicted molar refractivity (Wildman–Crippen MR) is 182 cm³/mol. The number of pyridine rings is 1. The molecule has 9 rings (SSSR count). The fourth-order valence-electron chi connectivity index (χ4n) is 7.69. The first kappa shape index (κ1) is 25.0. The molecule has 1 heteroatoms. The van der Waals surface area contributed by atoms with Gasteiger partial charge in [-0.15, -0.1) is 0 Å². The maximum Gasteiger partial charge on any atom is 0.0725 e. The van der Waals surface area contributed by atoms with Crippen LogP contribution in [0.15, 0.2) is 158 Å². The summed E-state index contributed by atoms with van der Waals surface area (Å²) in [6.45, 7) is 2.11. The van der Waals surface area contributed by atoms with Crippen LogP contribution in [0.4, 0.5) is 0 Å². The van der Waals surface area contributed by atoms with E-state index in [0.29, 0.717) is 0 Å². The lowest BCUT2D eigenvalue weighted by molar-refractivity contribution is 0.775. The first-order chi connectivity index (χ1) is 21.7. The first-order valence-electron chi connectivity index (χ1n) is 15.3. The van der Waals surface area contributed by atoms with Crippen LogP contribution in [0.3, 0.4) is 0 Å². The Labute approximate surface area is 258 Å². The highest BCUT2D eigenvalue weighted by atomic mass is 14.7. The molecule has 0 atom stereocenters. The number of aryl methyl sites for hydroxylation is 1. The van der Waals surface area contributed by atoms with Gasteiger partial charge >= 0.3 is 0 Å². The molecule has 2 aliphatic rings. The van der Waals surface area contributed by atoms with Crippen molar-refractivity contribution in [3.63, 3.8) is 0 Å². The average molecular weight is 560 g/mol. The molecule has 7 aromatic rings. The van der Waals surface area contributed by atoms with Crippen LogP contribution in [-0.2, 0) is 5.41 Å². The highest BCUT2D eigenvalue weighted by Gasteiger charge is 2.49. The second-order valence-corrected chi connectivity index (χ2v) is 12.0. The smallest absolute Gasteiger partial charge is 0.0725 e. The third-order valence-corrected chi connectivity index (χ3v) is 9.66. The van der Waals surface area contributed by atoms with Crippen molar-refractivity contribution >= 4 is 0 Å². The minimum absolute atomic E-state index is 0.440. The molecule has 0 saturated heterocycles. The van der Waals surface area contributed by atoms with E-state index in [1.54, 1.807) is 0 Å². The van der Waals surface area contributed by atoms with E-state index in [4.69, 9.17) is 4.98 Å². The van der Waals surface area contributed by atoms with Crippen LogP contribution in [0.2, 0.25) is 0 Å². The summed E-state index contributed by atoms with van der Waals surface area (Å²) < 4.78 is 0. The van der Waals surface area contributed by atoms with Gasteiger partial charge in [-0.1, -0.05) is 145 Å². The van der Waals surface area contributed by atoms with Crippen LogP contribution in [0.1, 0.15) is 27.8 Å². The van der Waals surface area contributed by atoms with Crippen LogP contribution in [0.25, 0.3) is 55.8 Å². The Hall–Kier alpha value is -5.53. The molecule has 0 radical (unpaired) electrons. The monoisotopic (exact) mass is 559 g/mol. The molecular formula is C43H29N. The van der Waals surface area contributed by atoms with Crippen molar-refractivity contribution in [2.75, 3.05) is 0 Å². The maximum absolute atomic E-state index is 4.89. The molecule has 1 nitrogen and oxygen atoms in total. The van der Waals surface area contributed by atoms with Crippen molar-refractivity contribution in [2.24, 2.45) is 0 Å². The Morgan fingerprint density at radius 2 is 0.841 bits per heavy atom. The van der Waals surface area contributed by atoms with E-state index in [1.165, 1.54) is 66.8 Å². The summed E-state index contributed by atoms with van der Waals surface area (Å²) in [7, 11) is 0. The minimum atomic E-state index is -0.440. The van der Waals surface area contributed by atoms with Gasteiger partial charge in [0, 0.05) is 17.3 Å². The molecule has 0 bridgehead atoms. The second kappa shape index (κ2) is 9.49. The molecule has 1 aromatic heterocycles. The Bertz CT molecular complexity index is 2180. The van der Waals surface area contributed by atoms with Gasteiger partial charge in [0.05, 0.1) is 11.1 Å². The van der Waals surface area contributed by atoms with Crippen LogP contribution in [0.5, 0.6) is 0 Å². The zero-order valence-electron chi connectivity index (χ0n) is 24.5. The predicted octanol–water partition coefficient (Wildman–Crippen LogP) is 10.7. The van der Waals surface area contributed by atoms with Crippen molar-refractivity contribution < 1.29 is 0 Å². The summed E-state index contributed by atoms with van der Waals surface area (Å²) in [4.78, 5) is 4.89. The fourth-order valence-corrected chi connectivity index (χ4v) is 7.69. The van der Waals surface area contributed by atoms with Gasteiger partial charge in [0.25, 0.3) is 0 Å². The fraction of sp³-hybridized carbons (Fsp3) is 0.0465. The van der Waals surface area contributed by atoms with Crippen molar-refractivity contribution in [1.82, 2.24) is 4.98 Å². The topological polar surface area (TPSA) is 12.9 Å². The summed E-state index contributed by atoms with van der Waals surface area (Å²) >= 11 is 0. The highest BCUT2D eigenvalue weighted by Crippen LogP contribution is 2.61. The van der Waals surface area contributed by atoms with Crippen molar-refractivity contribution in [3.05, 3.63) is 186 Å². The highest BCUT2D eigenvalue weighted by molar-refractivity contribution is 5.98. The lowest BCUT2D eigenvalue weighted by Gasteiger charge is -2.35. The van der Waals surface area contributed by atoms with Gasteiger partial charge in [0.2, 0.25) is 0 Å². The average Bonchev–Trinajstić information content (AvgIpc) is 3.33. The van der Waals surface area contributed by atoms with Crippen molar-refractivity contribution in [2.45, 2.75) is 12.3 Å². The molecule has 0 fully saturated rings. The second-order valence-electron chi connectivity index (χ2n) is 12.0. The van der Waals surface area contributed by atoms with Crippen LogP contribution < -0.4 is 0 Å². The van der Waals surface area contributed by atoms with Crippen molar-refractivity contribution in [3.8, 4) is 55.8 Å². The van der Waals surface area contributed by atoms with Gasteiger partial charge in [0.1, 0.15) is 0 Å². The molecule has 0 amide bonds. The molecule has 0 saturated carbocycles. The molecule has 2 aliphatic carbocycles. The van der Waals surface area contributed by atoms with Crippen LogP contribution >= 0.6 is 0 Å². The molecule has 1 heterocycles. The van der Waals surface area contributed by atoms with E-state index in [1.807, 2.05) is 6.20 Å². The summed E-state index contributed by atoms with van der Waals surface area (Å²) in [5.41, 5.74) is 18.3. The zero-order chi connectivity index (χ0) is 29.3. The van der Waals surface area contributed by atoms with Gasteiger partial charge in [-0.2, -0.15) is 0 Å². The van der Waals surface area contributed by atoms with E-state index in [2.05, 4.69) is 159 Å². The Balaban J connectivity index is 1.33. The molecule has 6 aromatic carbocycles. The van der Waals surface area contributed by atoms with E-state index in [9.17, 15) is 0 Å². The molecular weight excluding hydrogens is 530 g/mol. The SMILES string of the molecule is Cc1ccc(-c2ccc(-c3ccc4c(c3)-c3ccccc3-c3ccccc3C43c4ccccc4-c4ccccc43)cn2)cc1. The van der Waals surface area contributed by atoms with E-state index >= 15 is 0 Å². The van der Waals surface area contributed by atoms with E-state index in [0.717, 1.165) is 16.8 Å².